The summed E-state index contributed by atoms with van der Waals surface area (Å²) in [5.74, 6) is -0.172. The Bertz CT molecular complexity index is 1330. The molecule has 0 spiro atoms. The number of benzene rings is 3. The zero-order valence-electron chi connectivity index (χ0n) is 19.4. The zero-order chi connectivity index (χ0) is 23.9. The van der Waals surface area contributed by atoms with Gasteiger partial charge in [0.25, 0.3) is 0 Å². The molecule has 4 rings (SSSR count). The van der Waals surface area contributed by atoms with Crippen LogP contribution < -0.4 is 0 Å². The molecule has 4 aromatic rings. The summed E-state index contributed by atoms with van der Waals surface area (Å²) in [7, 11) is 0. The molecule has 0 radical (unpaired) electrons. The molecule has 1 heterocycles. The van der Waals surface area contributed by atoms with Crippen LogP contribution in [-0.4, -0.2) is 26.6 Å². The van der Waals surface area contributed by atoms with Crippen molar-refractivity contribution in [2.24, 2.45) is 0 Å². The molecule has 1 atom stereocenters. The van der Waals surface area contributed by atoms with E-state index in [0.29, 0.717) is 10.6 Å². The molecule has 0 fully saturated rings. The van der Waals surface area contributed by atoms with Crippen molar-refractivity contribution in [1.29, 1.82) is 0 Å². The molecule has 3 aromatic carbocycles. The summed E-state index contributed by atoms with van der Waals surface area (Å²) in [5, 5.41) is 12.7. The van der Waals surface area contributed by atoms with Crippen LogP contribution in [0.15, 0.2) is 54.7 Å². The van der Waals surface area contributed by atoms with Gasteiger partial charge in [0.2, 0.25) is 0 Å². The van der Waals surface area contributed by atoms with Crippen LogP contribution in [-0.2, 0) is 9.53 Å². The lowest BCUT2D eigenvalue weighted by molar-refractivity contribution is -0.160. The van der Waals surface area contributed by atoms with E-state index >= 15 is 0 Å². The van der Waals surface area contributed by atoms with Gasteiger partial charge in [0.1, 0.15) is 5.82 Å². The smallest absolute Gasteiger partial charge is 0.337 e. The van der Waals surface area contributed by atoms with Gasteiger partial charge in [-0.05, 0) is 80.3 Å². The van der Waals surface area contributed by atoms with Crippen LogP contribution in [0.25, 0.3) is 33.2 Å². The van der Waals surface area contributed by atoms with Crippen LogP contribution in [0.4, 0.5) is 0 Å². The zero-order valence-corrected chi connectivity index (χ0v) is 20.1. The molecule has 0 aliphatic heterocycles. The molecule has 0 bridgehead atoms. The fraction of sp³-hybridized carbons (Fsp3) is 0.259. The number of aromatic nitrogens is 2. The van der Waals surface area contributed by atoms with E-state index < -0.39 is 17.7 Å². The normalized spacial score (nSPS) is 12.8. The maximum atomic E-state index is 12.4. The van der Waals surface area contributed by atoms with Crippen LogP contribution in [0.2, 0.25) is 5.02 Å². The molecular formula is C27H27ClN2O3. The summed E-state index contributed by atoms with van der Waals surface area (Å²) < 4.78 is 6.06. The number of imidazole rings is 1. The summed E-state index contributed by atoms with van der Waals surface area (Å²) in [6, 6.07) is 15.6. The Labute approximate surface area is 198 Å². The highest BCUT2D eigenvalue weighted by Gasteiger charge is 2.31. The Morgan fingerprint density at radius 1 is 1.06 bits per heavy atom. The van der Waals surface area contributed by atoms with E-state index in [9.17, 15) is 9.90 Å². The van der Waals surface area contributed by atoms with E-state index in [0.717, 1.165) is 44.5 Å². The predicted molar refractivity (Wildman–Crippen MR) is 133 cm³/mol. The van der Waals surface area contributed by atoms with Crippen molar-refractivity contribution >= 4 is 28.3 Å². The number of carbonyl (C=O) groups is 1. The number of aryl methyl sites for hydroxylation is 2. The number of hydrogen-bond donors (Lipinski definition) is 2. The molecule has 0 aliphatic rings. The number of ether oxygens (including phenoxy) is 1. The van der Waals surface area contributed by atoms with Gasteiger partial charge in [-0.3, -0.25) is 0 Å². The van der Waals surface area contributed by atoms with E-state index in [-0.39, 0.29) is 0 Å². The van der Waals surface area contributed by atoms with Gasteiger partial charge >= 0.3 is 5.97 Å². The van der Waals surface area contributed by atoms with Crippen molar-refractivity contribution < 1.29 is 14.6 Å². The number of carboxylic acid groups (broad SMARTS) is 1. The van der Waals surface area contributed by atoms with E-state index in [2.05, 4.69) is 16.0 Å². The van der Waals surface area contributed by atoms with Gasteiger partial charge in [-0.2, -0.15) is 0 Å². The van der Waals surface area contributed by atoms with Gasteiger partial charge in [0.15, 0.2) is 6.10 Å². The second-order valence-electron chi connectivity index (χ2n) is 9.26. The van der Waals surface area contributed by atoms with Crippen LogP contribution in [0.5, 0.6) is 0 Å². The number of hydrogen-bond acceptors (Lipinski definition) is 3. The fourth-order valence-electron chi connectivity index (χ4n) is 4.15. The van der Waals surface area contributed by atoms with E-state index in [1.54, 1.807) is 0 Å². The number of H-pyrrole nitrogens is 1. The first-order chi connectivity index (χ1) is 15.5. The topological polar surface area (TPSA) is 75.2 Å². The molecule has 0 unspecified atom stereocenters. The number of nitrogens with zero attached hydrogens (tertiary/aromatic N) is 1. The standard InChI is InChI=1S/C27H27ClN2O3/c1-15-12-19-13-18(22-14-29-16(2)30-22)8-11-21(19)24(17-6-9-20(28)10-7-17)23(15)25(26(31)32)33-27(3,4)5/h6-14,25H,1-5H3,(H,29,30)(H,31,32)/t25-/m0/s1. The molecule has 6 heteroatoms. The van der Waals surface area contributed by atoms with Gasteiger partial charge in [-0.15, -0.1) is 0 Å². The molecular weight excluding hydrogens is 436 g/mol. The maximum absolute atomic E-state index is 12.4. The Morgan fingerprint density at radius 2 is 1.73 bits per heavy atom. The molecule has 170 valence electrons. The average Bonchev–Trinajstić information content (AvgIpc) is 3.17. The first-order valence-corrected chi connectivity index (χ1v) is 11.2. The second kappa shape index (κ2) is 8.65. The van der Waals surface area contributed by atoms with Crippen molar-refractivity contribution in [3.8, 4) is 22.4 Å². The predicted octanol–water partition coefficient (Wildman–Crippen LogP) is 7.11. The van der Waals surface area contributed by atoms with Crippen molar-refractivity contribution in [2.75, 3.05) is 0 Å². The third kappa shape index (κ3) is 4.80. The van der Waals surface area contributed by atoms with Gasteiger partial charge in [-0.1, -0.05) is 41.9 Å². The first kappa shape index (κ1) is 23.0. The second-order valence-corrected chi connectivity index (χ2v) is 9.69. The highest BCUT2D eigenvalue weighted by molar-refractivity contribution is 6.30. The number of nitrogens with one attached hydrogen (secondary N) is 1. The molecule has 5 nitrogen and oxygen atoms in total. The molecule has 1 aromatic heterocycles. The highest BCUT2D eigenvalue weighted by atomic mass is 35.5. The number of aromatic amines is 1. The van der Waals surface area contributed by atoms with Gasteiger partial charge < -0.3 is 14.8 Å². The lowest BCUT2D eigenvalue weighted by Gasteiger charge is -2.28. The van der Waals surface area contributed by atoms with E-state index in [4.69, 9.17) is 16.3 Å². The molecule has 0 saturated heterocycles. The SMILES string of the molecule is Cc1ncc(-c2ccc3c(-c4ccc(Cl)cc4)c([C@H](OC(C)(C)C)C(=O)O)c(C)cc3c2)[nH]1. The third-order valence-electron chi connectivity index (χ3n) is 5.49. The molecule has 0 aliphatic carbocycles. The summed E-state index contributed by atoms with van der Waals surface area (Å²) in [6.07, 6.45) is 0.699. The number of aliphatic carboxylic acids is 1. The van der Waals surface area contributed by atoms with Crippen LogP contribution in [0.3, 0.4) is 0 Å². The Balaban J connectivity index is 2.02. The minimum atomic E-state index is -1.12. The minimum Gasteiger partial charge on any atom is -0.479 e. The third-order valence-corrected chi connectivity index (χ3v) is 5.74. The van der Waals surface area contributed by atoms with Gasteiger partial charge in [-0.25, -0.2) is 9.78 Å². The fourth-order valence-corrected chi connectivity index (χ4v) is 4.28. The highest BCUT2D eigenvalue weighted by Crippen LogP contribution is 2.41. The molecule has 2 N–H and O–H groups in total. The lowest BCUT2D eigenvalue weighted by atomic mass is 9.86. The van der Waals surface area contributed by atoms with Crippen molar-refractivity contribution in [1.82, 2.24) is 9.97 Å². The summed E-state index contributed by atoms with van der Waals surface area (Å²) in [5.41, 5.74) is 4.54. The van der Waals surface area contributed by atoms with Gasteiger partial charge in [0.05, 0.1) is 17.5 Å². The quantitative estimate of drug-likeness (QED) is 0.331. The number of carboxylic acids is 1. The van der Waals surface area contributed by atoms with Crippen molar-refractivity contribution in [3.63, 3.8) is 0 Å². The maximum Gasteiger partial charge on any atom is 0.337 e. The van der Waals surface area contributed by atoms with Gasteiger partial charge in [0, 0.05) is 16.1 Å². The van der Waals surface area contributed by atoms with Crippen molar-refractivity contribution in [3.05, 3.63) is 76.7 Å². The Morgan fingerprint density at radius 3 is 2.30 bits per heavy atom. The monoisotopic (exact) mass is 462 g/mol. The van der Waals surface area contributed by atoms with Crippen LogP contribution >= 0.6 is 11.6 Å². The van der Waals surface area contributed by atoms with Crippen LogP contribution in [0.1, 0.15) is 43.8 Å². The Kier molecular flexibility index (Phi) is 6.04. The average molecular weight is 463 g/mol. The summed E-state index contributed by atoms with van der Waals surface area (Å²) in [6.45, 7) is 9.43. The molecule has 0 amide bonds. The van der Waals surface area contributed by atoms with E-state index in [1.807, 2.05) is 83.3 Å². The number of rotatable bonds is 5. The molecule has 0 saturated carbocycles. The largest absolute Gasteiger partial charge is 0.479 e. The van der Waals surface area contributed by atoms with E-state index in [1.165, 1.54) is 0 Å². The molecule has 33 heavy (non-hydrogen) atoms. The number of fused-ring (bicyclic) bond motifs is 1. The summed E-state index contributed by atoms with van der Waals surface area (Å²) in [4.78, 5) is 20.0. The Hall–Kier alpha value is -3.15. The summed E-state index contributed by atoms with van der Waals surface area (Å²) >= 11 is 6.15. The minimum absolute atomic E-state index is 0.620. The number of halogens is 1. The lowest BCUT2D eigenvalue weighted by Crippen LogP contribution is -2.28. The first-order valence-electron chi connectivity index (χ1n) is 10.8. The van der Waals surface area contributed by atoms with Crippen LogP contribution in [0, 0.1) is 13.8 Å². The van der Waals surface area contributed by atoms with Crippen molar-refractivity contribution in [2.45, 2.75) is 46.3 Å².